The topological polar surface area (TPSA) is 34.1 Å². The summed E-state index contributed by atoms with van der Waals surface area (Å²) >= 11 is 0. The molecule has 0 bridgehead atoms. The van der Waals surface area contributed by atoms with Crippen molar-refractivity contribution in [3.63, 3.8) is 0 Å². The maximum Gasteiger partial charge on any atom is 0.141 e. The normalized spacial score (nSPS) is 24.3. The SMILES string of the molecule is c1ccc([C@@H]2CCNC[C@H]2COc2cccnc2C2CCCC2)cc1. The highest BCUT2D eigenvalue weighted by molar-refractivity contribution is 5.30. The van der Waals surface area contributed by atoms with Crippen molar-refractivity contribution >= 4 is 0 Å². The molecule has 1 aliphatic carbocycles. The summed E-state index contributed by atoms with van der Waals surface area (Å²) in [7, 11) is 0. The van der Waals surface area contributed by atoms with Crippen LogP contribution in [0.4, 0.5) is 0 Å². The lowest BCUT2D eigenvalue weighted by Crippen LogP contribution is -2.38. The van der Waals surface area contributed by atoms with Gasteiger partial charge in [0, 0.05) is 24.6 Å². The van der Waals surface area contributed by atoms with Crippen LogP contribution >= 0.6 is 0 Å². The van der Waals surface area contributed by atoms with Gasteiger partial charge in [-0.05, 0) is 49.4 Å². The molecule has 2 aliphatic rings. The Kier molecular flexibility index (Phi) is 5.31. The fraction of sp³-hybridized carbons (Fsp3) is 0.500. The molecule has 1 saturated heterocycles. The molecular formula is C22H28N2O. The van der Waals surface area contributed by atoms with Gasteiger partial charge in [0.15, 0.2) is 0 Å². The second-order valence-corrected chi connectivity index (χ2v) is 7.45. The molecule has 1 saturated carbocycles. The Morgan fingerprint density at radius 2 is 1.84 bits per heavy atom. The number of nitrogens with zero attached hydrogens (tertiary/aromatic N) is 1. The van der Waals surface area contributed by atoms with Gasteiger partial charge in [-0.15, -0.1) is 0 Å². The molecule has 3 heteroatoms. The third kappa shape index (κ3) is 3.87. The Morgan fingerprint density at radius 3 is 2.68 bits per heavy atom. The van der Waals surface area contributed by atoms with E-state index < -0.39 is 0 Å². The highest BCUT2D eigenvalue weighted by atomic mass is 16.5. The molecule has 0 spiro atoms. The molecule has 0 amide bonds. The average Bonchev–Trinajstić information content (AvgIpc) is 3.22. The Morgan fingerprint density at radius 1 is 1.00 bits per heavy atom. The molecule has 3 nitrogen and oxygen atoms in total. The van der Waals surface area contributed by atoms with Crippen molar-refractivity contribution in [1.29, 1.82) is 0 Å². The van der Waals surface area contributed by atoms with Crippen molar-refractivity contribution in [1.82, 2.24) is 10.3 Å². The molecule has 0 radical (unpaired) electrons. The van der Waals surface area contributed by atoms with Crippen LogP contribution in [0.2, 0.25) is 0 Å². The van der Waals surface area contributed by atoms with E-state index in [-0.39, 0.29) is 0 Å². The average molecular weight is 336 g/mol. The van der Waals surface area contributed by atoms with Crippen LogP contribution < -0.4 is 10.1 Å². The lowest BCUT2D eigenvalue weighted by molar-refractivity contribution is 0.194. The first-order valence-electron chi connectivity index (χ1n) is 9.75. The molecule has 2 fully saturated rings. The first-order chi connectivity index (χ1) is 12.4. The van der Waals surface area contributed by atoms with Crippen LogP contribution in [0.5, 0.6) is 5.75 Å². The minimum atomic E-state index is 0.507. The molecule has 1 N–H and O–H groups in total. The van der Waals surface area contributed by atoms with Crippen LogP contribution in [0.15, 0.2) is 48.7 Å². The van der Waals surface area contributed by atoms with Crippen LogP contribution in [0.25, 0.3) is 0 Å². The van der Waals surface area contributed by atoms with E-state index in [4.69, 9.17) is 4.74 Å². The molecule has 1 aromatic carbocycles. The van der Waals surface area contributed by atoms with Gasteiger partial charge in [-0.3, -0.25) is 4.98 Å². The van der Waals surface area contributed by atoms with E-state index in [2.05, 4.69) is 46.7 Å². The quantitative estimate of drug-likeness (QED) is 0.872. The van der Waals surface area contributed by atoms with Gasteiger partial charge in [-0.2, -0.15) is 0 Å². The highest BCUT2D eigenvalue weighted by Gasteiger charge is 2.28. The van der Waals surface area contributed by atoms with Crippen molar-refractivity contribution in [2.45, 2.75) is 43.9 Å². The molecule has 2 atom stereocenters. The number of aromatic nitrogens is 1. The summed E-state index contributed by atoms with van der Waals surface area (Å²) in [6.45, 7) is 2.88. The minimum Gasteiger partial charge on any atom is -0.491 e. The van der Waals surface area contributed by atoms with E-state index in [9.17, 15) is 0 Å². The summed E-state index contributed by atoms with van der Waals surface area (Å²) in [5.74, 6) is 2.68. The van der Waals surface area contributed by atoms with Gasteiger partial charge in [0.1, 0.15) is 5.75 Å². The Bertz CT molecular complexity index is 667. The van der Waals surface area contributed by atoms with Gasteiger partial charge >= 0.3 is 0 Å². The van der Waals surface area contributed by atoms with Crippen LogP contribution in [0.3, 0.4) is 0 Å². The van der Waals surface area contributed by atoms with E-state index in [1.165, 1.54) is 43.4 Å². The van der Waals surface area contributed by atoms with E-state index in [0.29, 0.717) is 17.8 Å². The fourth-order valence-electron chi connectivity index (χ4n) is 4.46. The Hall–Kier alpha value is -1.87. The molecule has 4 rings (SSSR count). The summed E-state index contributed by atoms with van der Waals surface area (Å²) in [5, 5.41) is 3.54. The zero-order valence-corrected chi connectivity index (χ0v) is 14.9. The maximum atomic E-state index is 6.34. The van der Waals surface area contributed by atoms with Gasteiger partial charge in [-0.25, -0.2) is 0 Å². The monoisotopic (exact) mass is 336 g/mol. The zero-order chi connectivity index (χ0) is 16.9. The summed E-state index contributed by atoms with van der Waals surface area (Å²) in [4.78, 5) is 4.66. The molecule has 2 heterocycles. The summed E-state index contributed by atoms with van der Waals surface area (Å²) < 4.78 is 6.34. The van der Waals surface area contributed by atoms with Gasteiger partial charge < -0.3 is 10.1 Å². The number of piperidine rings is 1. The summed E-state index contributed by atoms with van der Waals surface area (Å²) in [6.07, 6.45) is 8.25. The number of hydrogen-bond acceptors (Lipinski definition) is 3. The number of pyridine rings is 1. The predicted molar refractivity (Wildman–Crippen MR) is 101 cm³/mol. The largest absolute Gasteiger partial charge is 0.491 e. The van der Waals surface area contributed by atoms with E-state index in [1.807, 2.05) is 12.3 Å². The van der Waals surface area contributed by atoms with Crippen LogP contribution in [0.1, 0.15) is 55.2 Å². The van der Waals surface area contributed by atoms with Crippen molar-refractivity contribution in [3.05, 3.63) is 59.9 Å². The Labute approximate surface area is 150 Å². The van der Waals surface area contributed by atoms with Crippen molar-refractivity contribution in [3.8, 4) is 5.75 Å². The number of benzene rings is 1. The molecule has 25 heavy (non-hydrogen) atoms. The lowest BCUT2D eigenvalue weighted by Gasteiger charge is -2.32. The van der Waals surface area contributed by atoms with Gasteiger partial charge in [-0.1, -0.05) is 43.2 Å². The summed E-state index contributed by atoms with van der Waals surface area (Å²) in [6, 6.07) is 15.0. The molecule has 2 aromatic rings. The van der Waals surface area contributed by atoms with E-state index >= 15 is 0 Å². The van der Waals surface area contributed by atoms with Crippen LogP contribution in [-0.4, -0.2) is 24.7 Å². The molecule has 132 valence electrons. The van der Waals surface area contributed by atoms with Crippen LogP contribution in [0, 0.1) is 5.92 Å². The van der Waals surface area contributed by atoms with E-state index in [1.54, 1.807) is 0 Å². The van der Waals surface area contributed by atoms with Crippen molar-refractivity contribution in [2.24, 2.45) is 5.92 Å². The highest BCUT2D eigenvalue weighted by Crippen LogP contribution is 2.38. The van der Waals surface area contributed by atoms with Crippen LogP contribution in [-0.2, 0) is 0 Å². The third-order valence-electron chi connectivity index (χ3n) is 5.83. The zero-order valence-electron chi connectivity index (χ0n) is 14.9. The number of nitrogens with one attached hydrogen (secondary N) is 1. The lowest BCUT2D eigenvalue weighted by atomic mass is 9.81. The first kappa shape index (κ1) is 16.6. The molecular weight excluding hydrogens is 308 g/mol. The first-order valence-corrected chi connectivity index (χ1v) is 9.75. The molecule has 0 unspecified atom stereocenters. The molecule has 1 aromatic heterocycles. The second kappa shape index (κ2) is 8.01. The standard InChI is InChI=1S/C22H28N2O/c1-2-7-17(8-3-1)20-12-14-23-15-19(20)16-25-21-11-6-13-24-22(21)18-9-4-5-10-18/h1-3,6-8,11,13,18-20,23H,4-5,9-10,12,14-16H2/t19-,20-/m0/s1. The predicted octanol–water partition coefficient (Wildman–Crippen LogP) is 4.51. The number of hydrogen-bond donors (Lipinski definition) is 1. The maximum absolute atomic E-state index is 6.34. The molecule has 1 aliphatic heterocycles. The second-order valence-electron chi connectivity index (χ2n) is 7.45. The fourth-order valence-corrected chi connectivity index (χ4v) is 4.46. The number of rotatable bonds is 5. The number of ether oxygens (including phenoxy) is 1. The van der Waals surface area contributed by atoms with Crippen molar-refractivity contribution in [2.75, 3.05) is 19.7 Å². The van der Waals surface area contributed by atoms with Gasteiger partial charge in [0.05, 0.1) is 12.3 Å². The van der Waals surface area contributed by atoms with Gasteiger partial charge in [0.25, 0.3) is 0 Å². The summed E-state index contributed by atoms with van der Waals surface area (Å²) in [5.41, 5.74) is 2.62. The Balaban J connectivity index is 1.46. The smallest absolute Gasteiger partial charge is 0.141 e. The van der Waals surface area contributed by atoms with E-state index in [0.717, 1.165) is 25.4 Å². The van der Waals surface area contributed by atoms with Crippen molar-refractivity contribution < 1.29 is 4.74 Å². The van der Waals surface area contributed by atoms with Gasteiger partial charge in [0.2, 0.25) is 0 Å². The minimum absolute atomic E-state index is 0.507. The third-order valence-corrected chi connectivity index (χ3v) is 5.83.